The van der Waals surface area contributed by atoms with Crippen LogP contribution in [0.5, 0.6) is 0 Å². The third-order valence-corrected chi connectivity index (χ3v) is 13.9. The fourth-order valence-electron chi connectivity index (χ4n) is 11.0. The van der Waals surface area contributed by atoms with Crippen molar-refractivity contribution in [3.63, 3.8) is 0 Å². The molecule has 12 aromatic carbocycles. The largest absolute Gasteiger partial charge is 0.310 e. The van der Waals surface area contributed by atoms with Gasteiger partial charge in [-0.2, -0.15) is 0 Å². The number of hydrogen-bond donors (Lipinski definition) is 0. The van der Waals surface area contributed by atoms with E-state index in [9.17, 15) is 0 Å². The summed E-state index contributed by atoms with van der Waals surface area (Å²) in [6, 6.07) is 92.8. The molecular weight excluding hydrogens is 825 g/mol. The van der Waals surface area contributed by atoms with E-state index in [4.69, 9.17) is 0 Å². The minimum absolute atomic E-state index is 1.09. The molecule has 14 rings (SSSR count). The molecule has 0 saturated heterocycles. The van der Waals surface area contributed by atoms with E-state index < -0.39 is 0 Å². The summed E-state index contributed by atoms with van der Waals surface area (Å²) in [5.74, 6) is 0. The standard InChI is InChI=1S/C64H42N4/c1-5-17-49(18-6-1)65(55-39-47-29-27-45-15-13-25-57-61(45)63(47)59(41-55)67(57)51-21-9-3-10-22-51)53-35-31-43(32-36-53)44-33-37-54(38-34-44)66(50-19-7-2-8-20-50)56-40-48-30-28-46-16-14-26-58-62(46)64(48)60(42-56)68(58)52-23-11-4-12-24-52/h1-42H. The molecule has 0 spiro atoms. The Labute approximate surface area is 393 Å². The Bertz CT molecular complexity index is 3830. The lowest BCUT2D eigenvalue weighted by atomic mass is 10.0. The second kappa shape index (κ2) is 15.2. The van der Waals surface area contributed by atoms with Crippen molar-refractivity contribution in [1.29, 1.82) is 0 Å². The van der Waals surface area contributed by atoms with Gasteiger partial charge in [-0.3, -0.25) is 0 Å². The van der Waals surface area contributed by atoms with E-state index in [2.05, 4.69) is 274 Å². The minimum Gasteiger partial charge on any atom is -0.310 e. The van der Waals surface area contributed by atoms with Crippen LogP contribution in [0.25, 0.3) is 87.7 Å². The van der Waals surface area contributed by atoms with E-state index in [0.717, 1.165) is 56.6 Å². The molecule has 0 aliphatic rings. The van der Waals surface area contributed by atoms with Crippen LogP contribution in [0.3, 0.4) is 0 Å². The Hall–Kier alpha value is -9.12. The molecule has 0 unspecified atom stereocenters. The van der Waals surface area contributed by atoms with Crippen LogP contribution in [0.4, 0.5) is 34.1 Å². The second-order valence-electron chi connectivity index (χ2n) is 17.8. The van der Waals surface area contributed by atoms with Crippen LogP contribution in [0.2, 0.25) is 0 Å². The first kappa shape index (κ1) is 38.2. The number of benzene rings is 12. The highest BCUT2D eigenvalue weighted by Crippen LogP contribution is 2.46. The van der Waals surface area contributed by atoms with E-state index in [-0.39, 0.29) is 0 Å². The highest BCUT2D eigenvalue weighted by Gasteiger charge is 2.23. The third-order valence-electron chi connectivity index (χ3n) is 13.9. The molecule has 0 aliphatic carbocycles. The highest BCUT2D eigenvalue weighted by atomic mass is 15.2. The average molecular weight is 867 g/mol. The molecule has 68 heavy (non-hydrogen) atoms. The Morgan fingerprint density at radius 1 is 0.221 bits per heavy atom. The highest BCUT2D eigenvalue weighted by molar-refractivity contribution is 6.26. The van der Waals surface area contributed by atoms with E-state index >= 15 is 0 Å². The Morgan fingerprint density at radius 3 is 0.956 bits per heavy atom. The molecule has 2 aromatic heterocycles. The first-order valence-corrected chi connectivity index (χ1v) is 23.3. The molecule has 0 fully saturated rings. The number of aromatic nitrogens is 2. The number of hydrogen-bond acceptors (Lipinski definition) is 2. The predicted octanol–water partition coefficient (Wildman–Crippen LogP) is 17.7. The molecule has 0 N–H and O–H groups in total. The van der Waals surface area contributed by atoms with E-state index in [1.54, 1.807) is 0 Å². The maximum absolute atomic E-state index is 2.42. The maximum Gasteiger partial charge on any atom is 0.0568 e. The van der Waals surface area contributed by atoms with Gasteiger partial charge < -0.3 is 18.9 Å². The molecule has 4 heteroatoms. The summed E-state index contributed by atoms with van der Waals surface area (Å²) in [6.45, 7) is 0. The van der Waals surface area contributed by atoms with Gasteiger partial charge >= 0.3 is 0 Å². The molecular formula is C64H42N4. The summed E-state index contributed by atoms with van der Waals surface area (Å²) in [5, 5.41) is 10.2. The zero-order valence-corrected chi connectivity index (χ0v) is 37.0. The smallest absolute Gasteiger partial charge is 0.0568 e. The van der Waals surface area contributed by atoms with Crippen molar-refractivity contribution in [2.75, 3.05) is 9.80 Å². The summed E-state index contributed by atoms with van der Waals surface area (Å²) in [7, 11) is 0. The summed E-state index contributed by atoms with van der Waals surface area (Å²) >= 11 is 0. The van der Waals surface area contributed by atoms with E-state index in [1.807, 2.05) is 0 Å². The summed E-state index contributed by atoms with van der Waals surface area (Å²) < 4.78 is 4.85. The van der Waals surface area contributed by atoms with Crippen LogP contribution in [0, 0.1) is 0 Å². The third kappa shape index (κ3) is 5.94. The van der Waals surface area contributed by atoms with Crippen molar-refractivity contribution in [2.45, 2.75) is 0 Å². The SMILES string of the molecule is c1ccc(N(c2ccc(-c3ccc(N(c4ccccc4)c4cc5ccc6cccc7c6c5c(c4)n7-c4ccccc4)cc3)cc2)c2cc3ccc4cccc5c4c3c(c2)n5-c2ccccc2)cc1. The molecule has 2 heterocycles. The van der Waals surface area contributed by atoms with Gasteiger partial charge in [-0.1, -0.05) is 146 Å². The lowest BCUT2D eigenvalue weighted by Crippen LogP contribution is -2.10. The number of rotatable bonds is 9. The first-order chi connectivity index (χ1) is 33.7. The topological polar surface area (TPSA) is 16.3 Å². The van der Waals surface area contributed by atoms with Gasteiger partial charge in [0.25, 0.3) is 0 Å². The summed E-state index contributed by atoms with van der Waals surface area (Å²) in [6.07, 6.45) is 0. The van der Waals surface area contributed by atoms with Crippen molar-refractivity contribution < 1.29 is 0 Å². The summed E-state index contributed by atoms with van der Waals surface area (Å²) in [5.41, 5.74) is 16.1. The van der Waals surface area contributed by atoms with Crippen molar-refractivity contribution in [3.8, 4) is 22.5 Å². The average Bonchev–Trinajstić information content (AvgIpc) is 3.93. The van der Waals surface area contributed by atoms with Crippen LogP contribution < -0.4 is 9.80 Å². The zero-order chi connectivity index (χ0) is 44.7. The molecule has 4 nitrogen and oxygen atoms in total. The summed E-state index contributed by atoms with van der Waals surface area (Å²) in [4.78, 5) is 4.77. The zero-order valence-electron chi connectivity index (χ0n) is 37.0. The van der Waals surface area contributed by atoms with Crippen molar-refractivity contribution in [2.24, 2.45) is 0 Å². The van der Waals surface area contributed by atoms with Crippen LogP contribution in [0.1, 0.15) is 0 Å². The molecule has 0 atom stereocenters. The van der Waals surface area contributed by atoms with Crippen LogP contribution in [0.15, 0.2) is 255 Å². The normalized spacial score (nSPS) is 11.8. The monoisotopic (exact) mass is 866 g/mol. The first-order valence-electron chi connectivity index (χ1n) is 23.3. The maximum atomic E-state index is 2.42. The van der Waals surface area contributed by atoms with Crippen LogP contribution in [-0.4, -0.2) is 9.13 Å². The molecule has 318 valence electrons. The van der Waals surface area contributed by atoms with Gasteiger partial charge in [-0.15, -0.1) is 0 Å². The van der Waals surface area contributed by atoms with Crippen molar-refractivity contribution in [1.82, 2.24) is 9.13 Å². The fraction of sp³-hybridized carbons (Fsp3) is 0. The van der Waals surface area contributed by atoms with Gasteiger partial charge in [-0.05, 0) is 142 Å². The Balaban J connectivity index is 0.861. The molecule has 14 aromatic rings. The Kier molecular flexibility index (Phi) is 8.55. The molecule has 0 bridgehead atoms. The number of para-hydroxylation sites is 4. The Morgan fingerprint density at radius 2 is 0.559 bits per heavy atom. The fourth-order valence-corrected chi connectivity index (χ4v) is 11.0. The van der Waals surface area contributed by atoms with Gasteiger partial charge in [0.15, 0.2) is 0 Å². The molecule has 0 radical (unpaired) electrons. The lowest BCUT2D eigenvalue weighted by Gasteiger charge is -2.27. The van der Waals surface area contributed by atoms with Crippen LogP contribution in [-0.2, 0) is 0 Å². The van der Waals surface area contributed by atoms with E-state index in [0.29, 0.717) is 0 Å². The predicted molar refractivity (Wildman–Crippen MR) is 287 cm³/mol. The van der Waals surface area contributed by atoms with Crippen molar-refractivity contribution in [3.05, 3.63) is 255 Å². The number of nitrogens with zero attached hydrogens (tertiary/aromatic N) is 4. The molecule has 0 amide bonds. The second-order valence-corrected chi connectivity index (χ2v) is 17.8. The van der Waals surface area contributed by atoms with E-state index in [1.165, 1.54) is 65.2 Å². The van der Waals surface area contributed by atoms with Gasteiger partial charge in [0.1, 0.15) is 0 Å². The molecule has 0 aliphatic heterocycles. The quantitative estimate of drug-likeness (QED) is 0.134. The minimum atomic E-state index is 1.09. The van der Waals surface area contributed by atoms with Gasteiger partial charge in [-0.25, -0.2) is 0 Å². The van der Waals surface area contributed by atoms with Crippen molar-refractivity contribution >= 4 is 99.3 Å². The van der Waals surface area contributed by atoms with Crippen LogP contribution >= 0.6 is 0 Å². The van der Waals surface area contributed by atoms with Gasteiger partial charge in [0.2, 0.25) is 0 Å². The lowest BCUT2D eigenvalue weighted by molar-refractivity contribution is 1.18. The molecule has 0 saturated carbocycles. The van der Waals surface area contributed by atoms with Gasteiger partial charge in [0, 0.05) is 67.0 Å². The van der Waals surface area contributed by atoms with Gasteiger partial charge in [0.05, 0.1) is 22.1 Å². The number of anilines is 6.